The van der Waals surface area contributed by atoms with Crippen LogP contribution in [0.1, 0.15) is 18.1 Å². The van der Waals surface area contributed by atoms with E-state index in [9.17, 15) is 23.1 Å². The van der Waals surface area contributed by atoms with Crippen molar-refractivity contribution < 1.29 is 32.5 Å². The Hall–Kier alpha value is -1.70. The molecule has 0 aliphatic rings. The number of hydrogen-bond donors (Lipinski definition) is 1. The van der Waals surface area contributed by atoms with Gasteiger partial charge in [0.05, 0.1) is 25.1 Å². The lowest BCUT2D eigenvalue weighted by atomic mass is 10.1. The van der Waals surface area contributed by atoms with Gasteiger partial charge in [-0.2, -0.15) is 0 Å². The fourth-order valence-electron chi connectivity index (χ4n) is 1.44. The van der Waals surface area contributed by atoms with E-state index in [1.165, 1.54) is 0 Å². The fraction of sp³-hybridized carbons (Fsp3) is 0.455. The van der Waals surface area contributed by atoms with Crippen LogP contribution in [0.2, 0.25) is 0 Å². The summed E-state index contributed by atoms with van der Waals surface area (Å²) < 4.78 is 45.2. The smallest absolute Gasteiger partial charge is 0.506 e. The highest BCUT2D eigenvalue weighted by Gasteiger charge is 2.34. The summed E-state index contributed by atoms with van der Waals surface area (Å²) in [5, 5.41) is 9.52. The molecule has 0 aliphatic carbocycles. The first-order valence-electron chi connectivity index (χ1n) is 5.45. The van der Waals surface area contributed by atoms with Crippen molar-refractivity contribution in [3.05, 3.63) is 17.3 Å². The molecule has 0 fully saturated rings. The number of rotatable bonds is 5. The Bertz CT molecular complexity index is 493. The minimum Gasteiger partial charge on any atom is -0.506 e. The second kappa shape index (κ2) is 6.65. The van der Waals surface area contributed by atoms with Gasteiger partial charge in [-0.15, -0.1) is 24.8 Å². The van der Waals surface area contributed by atoms with Crippen LogP contribution in [0.3, 0.4) is 0 Å². The maximum absolute atomic E-state index is 12.3. The number of aromatic nitrogens is 1. The molecule has 0 unspecified atom stereocenters. The van der Waals surface area contributed by atoms with Gasteiger partial charge < -0.3 is 14.6 Å². The predicted octanol–water partition coefficient (Wildman–Crippen LogP) is 2.53. The Morgan fingerprint density at radius 1 is 1.45 bits per heavy atom. The average Bonchev–Trinajstić information content (AvgIpc) is 2.32. The van der Waals surface area contributed by atoms with Gasteiger partial charge >= 0.3 is 12.3 Å². The Balaban J connectivity index is 3.19. The van der Waals surface area contributed by atoms with Crippen LogP contribution in [0.4, 0.5) is 13.2 Å². The minimum atomic E-state index is -4.98. The third kappa shape index (κ3) is 4.44. The van der Waals surface area contributed by atoms with Crippen LogP contribution < -0.4 is 4.74 Å². The lowest BCUT2D eigenvalue weighted by Crippen LogP contribution is -2.20. The molecule has 0 saturated heterocycles. The molecule has 0 saturated carbocycles. The molecular weight excluding hydrogens is 303 g/mol. The van der Waals surface area contributed by atoms with Crippen LogP contribution in [0, 0.1) is 0 Å². The van der Waals surface area contributed by atoms with Crippen LogP contribution in [0.5, 0.6) is 11.6 Å². The van der Waals surface area contributed by atoms with Gasteiger partial charge in [-0.25, -0.2) is 4.98 Å². The van der Waals surface area contributed by atoms with Gasteiger partial charge in [0, 0.05) is 11.1 Å². The van der Waals surface area contributed by atoms with Gasteiger partial charge in [0.2, 0.25) is 5.88 Å². The molecular formula is C11H11ClF3NO4. The van der Waals surface area contributed by atoms with Crippen molar-refractivity contribution in [1.82, 2.24) is 4.98 Å². The molecule has 5 nitrogen and oxygen atoms in total. The molecule has 1 N–H and O–H groups in total. The first-order valence-corrected chi connectivity index (χ1v) is 5.99. The van der Waals surface area contributed by atoms with E-state index in [1.54, 1.807) is 6.92 Å². The summed E-state index contributed by atoms with van der Waals surface area (Å²) >= 11 is 5.56. The Morgan fingerprint density at radius 3 is 2.60 bits per heavy atom. The van der Waals surface area contributed by atoms with Crippen molar-refractivity contribution in [2.45, 2.75) is 25.6 Å². The number of alkyl halides is 4. The van der Waals surface area contributed by atoms with Gasteiger partial charge in [-0.1, -0.05) is 0 Å². The number of esters is 1. The summed E-state index contributed by atoms with van der Waals surface area (Å²) in [5.41, 5.74) is -0.315. The fourth-order valence-corrected chi connectivity index (χ4v) is 1.74. The molecule has 1 aromatic heterocycles. The molecule has 1 rings (SSSR count). The molecule has 0 aromatic carbocycles. The summed E-state index contributed by atoms with van der Waals surface area (Å²) in [4.78, 5) is 14.7. The zero-order chi connectivity index (χ0) is 15.3. The quantitative estimate of drug-likeness (QED) is 0.668. The Labute approximate surface area is 117 Å². The lowest BCUT2D eigenvalue weighted by Gasteiger charge is -2.15. The van der Waals surface area contributed by atoms with Crippen molar-refractivity contribution in [2.75, 3.05) is 6.61 Å². The third-order valence-electron chi connectivity index (χ3n) is 2.21. The van der Waals surface area contributed by atoms with Crippen molar-refractivity contribution in [1.29, 1.82) is 0 Å². The summed E-state index contributed by atoms with van der Waals surface area (Å²) in [5.74, 6) is -2.34. The molecule has 0 radical (unpaired) electrons. The molecule has 20 heavy (non-hydrogen) atoms. The van der Waals surface area contributed by atoms with E-state index in [0.29, 0.717) is 0 Å². The first-order chi connectivity index (χ1) is 9.28. The highest BCUT2D eigenvalue weighted by atomic mass is 35.5. The van der Waals surface area contributed by atoms with Crippen molar-refractivity contribution in [2.24, 2.45) is 0 Å². The minimum absolute atomic E-state index is 0.0611. The van der Waals surface area contributed by atoms with E-state index in [-0.39, 0.29) is 23.6 Å². The lowest BCUT2D eigenvalue weighted by molar-refractivity contribution is -0.276. The van der Waals surface area contributed by atoms with E-state index in [1.807, 2.05) is 0 Å². The van der Waals surface area contributed by atoms with E-state index in [2.05, 4.69) is 14.5 Å². The Kier molecular flexibility index (Phi) is 5.43. The summed E-state index contributed by atoms with van der Waals surface area (Å²) in [7, 11) is 0. The maximum Gasteiger partial charge on any atom is 0.574 e. The van der Waals surface area contributed by atoms with Crippen LogP contribution in [-0.2, 0) is 21.8 Å². The second-order valence-electron chi connectivity index (χ2n) is 3.57. The van der Waals surface area contributed by atoms with Crippen LogP contribution in [0.25, 0.3) is 0 Å². The van der Waals surface area contributed by atoms with Crippen LogP contribution >= 0.6 is 11.6 Å². The number of ether oxygens (including phenoxy) is 2. The molecule has 1 heterocycles. The summed E-state index contributed by atoms with van der Waals surface area (Å²) in [6, 6.07) is 0. The van der Waals surface area contributed by atoms with Gasteiger partial charge in [0.15, 0.2) is 0 Å². The van der Waals surface area contributed by atoms with Crippen LogP contribution in [0.15, 0.2) is 6.20 Å². The highest BCUT2D eigenvalue weighted by molar-refractivity contribution is 6.17. The van der Waals surface area contributed by atoms with E-state index in [4.69, 9.17) is 11.6 Å². The predicted molar refractivity (Wildman–Crippen MR) is 62.5 cm³/mol. The van der Waals surface area contributed by atoms with Crippen molar-refractivity contribution in [3.8, 4) is 11.6 Å². The number of nitrogens with zero attached hydrogens (tertiary/aromatic N) is 1. The molecule has 9 heteroatoms. The molecule has 0 bridgehead atoms. The molecule has 0 atom stereocenters. The first kappa shape index (κ1) is 16.4. The zero-order valence-electron chi connectivity index (χ0n) is 10.3. The average molecular weight is 314 g/mol. The zero-order valence-corrected chi connectivity index (χ0v) is 11.1. The normalized spacial score (nSPS) is 11.2. The van der Waals surface area contributed by atoms with E-state index < -0.39 is 30.4 Å². The van der Waals surface area contributed by atoms with Gasteiger partial charge in [-0.05, 0) is 6.92 Å². The standard InChI is InChI=1S/C11H11ClF3NO4/c1-2-19-9(18)3-6-7(4-12)8(17)5-16-10(6)20-11(13,14)15/h5,17H,2-4H2,1H3. The number of halogens is 4. The molecule has 1 aromatic rings. The van der Waals surface area contributed by atoms with Crippen molar-refractivity contribution >= 4 is 17.6 Å². The van der Waals surface area contributed by atoms with Gasteiger partial charge in [-0.3, -0.25) is 4.79 Å². The third-order valence-corrected chi connectivity index (χ3v) is 2.48. The number of carbonyl (C=O) groups excluding carboxylic acids is 1. The monoisotopic (exact) mass is 313 g/mol. The molecule has 112 valence electrons. The maximum atomic E-state index is 12.3. The molecule has 0 aliphatic heterocycles. The van der Waals surface area contributed by atoms with E-state index in [0.717, 1.165) is 6.20 Å². The second-order valence-corrected chi connectivity index (χ2v) is 3.84. The largest absolute Gasteiger partial charge is 0.574 e. The van der Waals surface area contributed by atoms with Crippen molar-refractivity contribution in [3.63, 3.8) is 0 Å². The molecule has 0 spiro atoms. The topological polar surface area (TPSA) is 68.7 Å². The SMILES string of the molecule is CCOC(=O)Cc1c(OC(F)(F)F)ncc(O)c1CCl. The number of aromatic hydroxyl groups is 1. The Morgan fingerprint density at radius 2 is 2.10 bits per heavy atom. The van der Waals surface area contributed by atoms with Gasteiger partial charge in [0.1, 0.15) is 5.75 Å². The number of carbonyl (C=O) groups is 1. The number of hydrogen-bond acceptors (Lipinski definition) is 5. The summed E-state index contributed by atoms with van der Waals surface area (Å²) in [6.07, 6.45) is -4.74. The summed E-state index contributed by atoms with van der Waals surface area (Å²) in [6.45, 7) is 1.62. The highest BCUT2D eigenvalue weighted by Crippen LogP contribution is 2.32. The molecule has 0 amide bonds. The van der Waals surface area contributed by atoms with Gasteiger partial charge in [0.25, 0.3) is 0 Å². The van der Waals surface area contributed by atoms with E-state index >= 15 is 0 Å². The number of pyridine rings is 1. The van der Waals surface area contributed by atoms with Crippen LogP contribution in [-0.4, -0.2) is 29.0 Å².